The predicted molar refractivity (Wildman–Crippen MR) is 108 cm³/mol. The Labute approximate surface area is 163 Å². The van der Waals surface area contributed by atoms with Gasteiger partial charge in [0, 0.05) is 5.56 Å². The van der Waals surface area contributed by atoms with E-state index in [1.807, 2.05) is 48.5 Å². The summed E-state index contributed by atoms with van der Waals surface area (Å²) in [7, 11) is 1.58. The maximum Gasteiger partial charge on any atom is 0.335 e. The van der Waals surface area contributed by atoms with Crippen LogP contribution in [-0.4, -0.2) is 24.4 Å². The van der Waals surface area contributed by atoms with Crippen LogP contribution >= 0.6 is 0 Å². The molecule has 0 aliphatic rings. The fourth-order valence-electron chi connectivity index (χ4n) is 2.54. The first-order chi connectivity index (χ1) is 13.7. The number of nitrogens with zero attached hydrogens (tertiary/aromatic N) is 1. The highest BCUT2D eigenvalue weighted by Crippen LogP contribution is 2.31. The number of aromatic carboxylic acids is 1. The number of hydrazone groups is 1. The van der Waals surface area contributed by atoms with Crippen molar-refractivity contribution in [3.05, 3.63) is 89.5 Å². The van der Waals surface area contributed by atoms with Crippen molar-refractivity contribution in [2.24, 2.45) is 5.10 Å². The molecular formula is C22H20N2O4. The molecule has 3 aromatic rings. The van der Waals surface area contributed by atoms with Crippen molar-refractivity contribution < 1.29 is 19.4 Å². The Hall–Kier alpha value is -3.80. The lowest BCUT2D eigenvalue weighted by Crippen LogP contribution is -2.02. The largest absolute Gasteiger partial charge is 0.493 e. The fraction of sp³-hybridized carbons (Fsp3) is 0.0909. The number of ether oxygens (including phenoxy) is 2. The minimum atomic E-state index is -0.957. The van der Waals surface area contributed by atoms with Crippen molar-refractivity contribution in [2.75, 3.05) is 12.5 Å². The van der Waals surface area contributed by atoms with Crippen LogP contribution in [0.5, 0.6) is 11.5 Å². The number of anilines is 1. The molecule has 6 heteroatoms. The smallest absolute Gasteiger partial charge is 0.335 e. The van der Waals surface area contributed by atoms with Crippen molar-refractivity contribution in [2.45, 2.75) is 6.61 Å². The predicted octanol–water partition coefficient (Wildman–Crippen LogP) is 4.42. The average Bonchev–Trinajstić information content (AvgIpc) is 2.73. The molecule has 0 radical (unpaired) electrons. The van der Waals surface area contributed by atoms with Crippen LogP contribution in [0.1, 0.15) is 21.5 Å². The number of methoxy groups -OCH3 is 1. The lowest BCUT2D eigenvalue weighted by molar-refractivity contribution is 0.0697. The molecule has 0 saturated heterocycles. The molecule has 0 bridgehead atoms. The fourth-order valence-corrected chi connectivity index (χ4v) is 2.54. The highest BCUT2D eigenvalue weighted by molar-refractivity contribution is 5.87. The molecule has 28 heavy (non-hydrogen) atoms. The van der Waals surface area contributed by atoms with Crippen LogP contribution in [0.4, 0.5) is 5.69 Å². The summed E-state index contributed by atoms with van der Waals surface area (Å²) in [6.07, 6.45) is 1.67. The van der Waals surface area contributed by atoms with E-state index in [9.17, 15) is 4.79 Å². The third kappa shape index (κ3) is 4.88. The first-order valence-electron chi connectivity index (χ1n) is 8.63. The van der Waals surface area contributed by atoms with Gasteiger partial charge in [-0.2, -0.15) is 5.10 Å². The quantitative estimate of drug-likeness (QED) is 0.449. The Morgan fingerprint density at radius 1 is 1.04 bits per heavy atom. The molecular weight excluding hydrogens is 356 g/mol. The number of carboxylic acids is 1. The molecule has 0 aliphatic heterocycles. The zero-order chi connectivity index (χ0) is 19.8. The van der Waals surface area contributed by atoms with E-state index in [0.717, 1.165) is 16.8 Å². The van der Waals surface area contributed by atoms with Gasteiger partial charge in [-0.3, -0.25) is 5.43 Å². The topological polar surface area (TPSA) is 80.1 Å². The molecule has 0 aromatic heterocycles. The molecule has 2 N–H and O–H groups in total. The van der Waals surface area contributed by atoms with E-state index < -0.39 is 5.97 Å². The van der Waals surface area contributed by atoms with Crippen LogP contribution in [0, 0.1) is 0 Å². The van der Waals surface area contributed by atoms with Gasteiger partial charge >= 0.3 is 5.97 Å². The normalized spacial score (nSPS) is 10.6. The van der Waals surface area contributed by atoms with E-state index in [1.165, 1.54) is 0 Å². The molecule has 3 aromatic carbocycles. The summed E-state index contributed by atoms with van der Waals surface area (Å²) >= 11 is 0. The van der Waals surface area contributed by atoms with E-state index >= 15 is 0 Å². The molecule has 0 amide bonds. The van der Waals surface area contributed by atoms with Gasteiger partial charge in [0.15, 0.2) is 11.5 Å². The lowest BCUT2D eigenvalue weighted by atomic mass is 10.1. The Kier molecular flexibility index (Phi) is 6.25. The molecule has 3 rings (SSSR count). The van der Waals surface area contributed by atoms with Crippen molar-refractivity contribution in [3.8, 4) is 11.5 Å². The van der Waals surface area contributed by atoms with Gasteiger partial charge in [0.25, 0.3) is 0 Å². The summed E-state index contributed by atoms with van der Waals surface area (Å²) in [5.74, 6) is 0.193. The summed E-state index contributed by atoms with van der Waals surface area (Å²) in [6, 6.07) is 21.7. The van der Waals surface area contributed by atoms with Crippen LogP contribution in [0.15, 0.2) is 77.9 Å². The van der Waals surface area contributed by atoms with Gasteiger partial charge in [-0.15, -0.1) is 0 Å². The van der Waals surface area contributed by atoms with Crippen LogP contribution < -0.4 is 14.9 Å². The highest BCUT2D eigenvalue weighted by Gasteiger charge is 2.10. The Balaban J connectivity index is 1.74. The van der Waals surface area contributed by atoms with Crippen molar-refractivity contribution >= 4 is 17.9 Å². The van der Waals surface area contributed by atoms with Crippen LogP contribution in [0.3, 0.4) is 0 Å². The van der Waals surface area contributed by atoms with Crippen molar-refractivity contribution in [1.82, 2.24) is 0 Å². The molecule has 0 unspecified atom stereocenters. The number of nitrogens with one attached hydrogen (secondary N) is 1. The second kappa shape index (κ2) is 9.23. The maximum absolute atomic E-state index is 11.0. The standard InChI is InChI=1S/C22H20N2O4/c1-27-20-9-5-6-18(14-23-24-19-7-3-2-4-8-19)21(20)28-15-16-10-12-17(13-11-16)22(25)26/h2-14,24H,15H2,1H3,(H,25,26)/b23-14-. The first-order valence-corrected chi connectivity index (χ1v) is 8.63. The minimum Gasteiger partial charge on any atom is -0.493 e. The van der Waals surface area contributed by atoms with E-state index in [1.54, 1.807) is 37.6 Å². The van der Waals surface area contributed by atoms with Crippen LogP contribution in [0.25, 0.3) is 0 Å². The second-order valence-electron chi connectivity index (χ2n) is 5.91. The molecule has 6 nitrogen and oxygen atoms in total. The summed E-state index contributed by atoms with van der Waals surface area (Å²) in [4.78, 5) is 11.0. The van der Waals surface area contributed by atoms with Gasteiger partial charge in [-0.05, 0) is 42.0 Å². The third-order valence-electron chi connectivity index (χ3n) is 3.98. The highest BCUT2D eigenvalue weighted by atomic mass is 16.5. The molecule has 0 fully saturated rings. The summed E-state index contributed by atoms with van der Waals surface area (Å²) in [6.45, 7) is 0.271. The van der Waals surface area contributed by atoms with Gasteiger partial charge in [-0.1, -0.05) is 36.4 Å². The number of para-hydroxylation sites is 2. The third-order valence-corrected chi connectivity index (χ3v) is 3.98. The zero-order valence-corrected chi connectivity index (χ0v) is 15.3. The van der Waals surface area contributed by atoms with Crippen LogP contribution in [0.2, 0.25) is 0 Å². The van der Waals surface area contributed by atoms with Gasteiger partial charge in [-0.25, -0.2) is 4.79 Å². The lowest BCUT2D eigenvalue weighted by Gasteiger charge is -2.13. The van der Waals surface area contributed by atoms with E-state index in [2.05, 4.69) is 10.5 Å². The van der Waals surface area contributed by atoms with Crippen molar-refractivity contribution in [3.63, 3.8) is 0 Å². The van der Waals surface area contributed by atoms with E-state index in [4.69, 9.17) is 14.6 Å². The molecule has 0 saturated carbocycles. The number of benzene rings is 3. The van der Waals surface area contributed by atoms with Crippen molar-refractivity contribution in [1.29, 1.82) is 0 Å². The SMILES string of the molecule is COc1cccc(/C=N\Nc2ccccc2)c1OCc1ccc(C(=O)O)cc1. The summed E-state index contributed by atoms with van der Waals surface area (Å²) in [5.41, 5.74) is 5.68. The molecule has 142 valence electrons. The maximum atomic E-state index is 11.0. The number of carboxylic acid groups (broad SMARTS) is 1. The molecule has 0 heterocycles. The number of rotatable bonds is 8. The number of carbonyl (C=O) groups is 1. The summed E-state index contributed by atoms with van der Waals surface area (Å²) in [5, 5.41) is 13.2. The first kappa shape index (κ1) is 19.0. The minimum absolute atomic E-state index is 0.237. The van der Waals surface area contributed by atoms with E-state index in [-0.39, 0.29) is 12.2 Å². The van der Waals surface area contributed by atoms with Gasteiger partial charge in [0.05, 0.1) is 24.6 Å². The monoisotopic (exact) mass is 376 g/mol. The molecule has 0 aliphatic carbocycles. The van der Waals surface area contributed by atoms with Gasteiger partial charge < -0.3 is 14.6 Å². The summed E-state index contributed by atoms with van der Waals surface area (Å²) < 4.78 is 11.4. The molecule has 0 atom stereocenters. The van der Waals surface area contributed by atoms with Crippen LogP contribution in [-0.2, 0) is 6.61 Å². The number of hydrogen-bond donors (Lipinski definition) is 2. The molecule has 0 spiro atoms. The Morgan fingerprint density at radius 2 is 1.79 bits per heavy atom. The number of hydrogen-bond acceptors (Lipinski definition) is 5. The Morgan fingerprint density at radius 3 is 2.46 bits per heavy atom. The second-order valence-corrected chi connectivity index (χ2v) is 5.91. The Bertz CT molecular complexity index is 954. The average molecular weight is 376 g/mol. The van der Waals surface area contributed by atoms with Gasteiger partial charge in [0.1, 0.15) is 6.61 Å². The van der Waals surface area contributed by atoms with Gasteiger partial charge in [0.2, 0.25) is 0 Å². The zero-order valence-electron chi connectivity index (χ0n) is 15.3. The van der Waals surface area contributed by atoms with E-state index in [0.29, 0.717) is 11.5 Å².